The van der Waals surface area contributed by atoms with Crippen molar-refractivity contribution in [1.29, 1.82) is 0 Å². The Morgan fingerprint density at radius 3 is 2.83 bits per heavy atom. The number of halogens is 1. The average Bonchev–Trinajstić information content (AvgIpc) is 2.81. The minimum Gasteiger partial charge on any atom is -0.299 e. The summed E-state index contributed by atoms with van der Waals surface area (Å²) in [5, 5.41) is 0. The minimum absolute atomic E-state index is 0.613. The largest absolute Gasteiger partial charge is 0.299 e. The molecule has 0 amide bonds. The van der Waals surface area contributed by atoms with Gasteiger partial charge in [0.2, 0.25) is 0 Å². The van der Waals surface area contributed by atoms with Gasteiger partial charge < -0.3 is 0 Å². The average molecular weight is 298 g/mol. The summed E-state index contributed by atoms with van der Waals surface area (Å²) < 4.78 is 3.04. The molecule has 0 aliphatic rings. The molecule has 0 aliphatic heterocycles. The van der Waals surface area contributed by atoms with E-state index in [0.29, 0.717) is 5.69 Å². The van der Waals surface area contributed by atoms with Crippen LogP contribution in [0.4, 0.5) is 5.69 Å². The molecule has 0 unspecified atom stereocenters. The number of benzene rings is 2. The first-order chi connectivity index (χ1) is 8.78. The Labute approximate surface area is 113 Å². The van der Waals surface area contributed by atoms with Gasteiger partial charge in [0, 0.05) is 10.2 Å². The number of imidazole rings is 1. The molecule has 4 heteroatoms. The van der Waals surface area contributed by atoms with Gasteiger partial charge in [-0.2, -0.15) is 0 Å². The zero-order chi connectivity index (χ0) is 12.5. The quantitative estimate of drug-likeness (QED) is 0.613. The van der Waals surface area contributed by atoms with Crippen LogP contribution in [-0.2, 0) is 0 Å². The molecule has 0 fully saturated rings. The van der Waals surface area contributed by atoms with Gasteiger partial charge >= 0.3 is 0 Å². The van der Waals surface area contributed by atoms with Gasteiger partial charge in [-0.05, 0) is 30.3 Å². The molecule has 0 aliphatic carbocycles. The summed E-state index contributed by atoms with van der Waals surface area (Å²) in [5.41, 5.74) is 3.49. The third-order valence-corrected chi connectivity index (χ3v) is 3.24. The van der Waals surface area contributed by atoms with E-state index in [1.54, 1.807) is 12.4 Å². The first kappa shape index (κ1) is 11.0. The molecule has 3 nitrogen and oxygen atoms in total. The van der Waals surface area contributed by atoms with E-state index in [2.05, 4.69) is 25.8 Å². The monoisotopic (exact) mass is 297 g/mol. The van der Waals surface area contributed by atoms with Gasteiger partial charge in [-0.1, -0.05) is 28.1 Å². The highest BCUT2D eigenvalue weighted by Crippen LogP contribution is 2.24. The molecule has 3 aromatic rings. The summed E-state index contributed by atoms with van der Waals surface area (Å²) in [6, 6.07) is 13.6. The number of fused-ring (bicyclic) bond motifs is 1. The van der Waals surface area contributed by atoms with Crippen molar-refractivity contribution in [3.63, 3.8) is 0 Å². The Morgan fingerprint density at radius 2 is 2.06 bits per heavy atom. The lowest BCUT2D eigenvalue weighted by Crippen LogP contribution is -1.90. The molecule has 0 saturated heterocycles. The molecule has 0 radical (unpaired) electrons. The van der Waals surface area contributed by atoms with Crippen LogP contribution < -0.4 is 0 Å². The molecular weight excluding hydrogens is 290 g/mol. The Bertz CT molecular complexity index is 768. The second kappa shape index (κ2) is 4.28. The molecule has 1 aromatic heterocycles. The van der Waals surface area contributed by atoms with E-state index in [1.807, 2.05) is 41.0 Å². The summed E-state index contributed by atoms with van der Waals surface area (Å²) in [6.07, 6.45) is 1.78. The summed E-state index contributed by atoms with van der Waals surface area (Å²) in [7, 11) is 0. The Kier molecular flexibility index (Phi) is 2.62. The molecule has 0 saturated carbocycles. The van der Waals surface area contributed by atoms with Crippen LogP contribution in [0.5, 0.6) is 0 Å². The first-order valence-electron chi connectivity index (χ1n) is 5.38. The van der Waals surface area contributed by atoms with Gasteiger partial charge in [-0.15, -0.1) is 0 Å². The third kappa shape index (κ3) is 1.79. The fourth-order valence-electron chi connectivity index (χ4n) is 1.90. The lowest BCUT2D eigenvalue weighted by Gasteiger charge is -2.04. The van der Waals surface area contributed by atoms with Crippen molar-refractivity contribution < 1.29 is 0 Å². The van der Waals surface area contributed by atoms with Crippen molar-refractivity contribution in [3.8, 4) is 5.69 Å². The van der Waals surface area contributed by atoms with Crippen LogP contribution in [0.2, 0.25) is 0 Å². The van der Waals surface area contributed by atoms with E-state index in [1.165, 1.54) is 0 Å². The standard InChI is InChI=1S/C14H8BrN3/c1-16-11-5-6-14-13(8-11)17-9-18(14)12-4-2-3-10(15)7-12/h2-9H. The summed E-state index contributed by atoms with van der Waals surface area (Å²) in [5.74, 6) is 0. The molecule has 3 rings (SSSR count). The molecule has 86 valence electrons. The SMILES string of the molecule is [C-]#[N+]c1ccc2c(c1)ncn2-c1cccc(Br)c1. The number of aromatic nitrogens is 2. The maximum atomic E-state index is 7.00. The maximum absolute atomic E-state index is 7.00. The highest BCUT2D eigenvalue weighted by atomic mass is 79.9. The molecule has 0 spiro atoms. The number of hydrogen-bond acceptors (Lipinski definition) is 1. The van der Waals surface area contributed by atoms with Gasteiger partial charge in [0.1, 0.15) is 6.33 Å². The van der Waals surface area contributed by atoms with Crippen LogP contribution >= 0.6 is 15.9 Å². The van der Waals surface area contributed by atoms with Gasteiger partial charge in [0.15, 0.2) is 5.69 Å². The number of rotatable bonds is 1. The van der Waals surface area contributed by atoms with Crippen molar-refractivity contribution >= 4 is 32.7 Å². The van der Waals surface area contributed by atoms with E-state index >= 15 is 0 Å². The Hall–Kier alpha value is -2.12. The Morgan fingerprint density at radius 1 is 1.17 bits per heavy atom. The molecule has 18 heavy (non-hydrogen) atoms. The molecule has 1 heterocycles. The van der Waals surface area contributed by atoms with E-state index in [9.17, 15) is 0 Å². The lowest BCUT2D eigenvalue weighted by atomic mass is 10.2. The van der Waals surface area contributed by atoms with Gasteiger partial charge in [0.05, 0.1) is 17.6 Å². The van der Waals surface area contributed by atoms with E-state index in [0.717, 1.165) is 21.2 Å². The van der Waals surface area contributed by atoms with Crippen molar-refractivity contribution in [1.82, 2.24) is 9.55 Å². The van der Waals surface area contributed by atoms with Gasteiger partial charge in [-0.3, -0.25) is 4.57 Å². The van der Waals surface area contributed by atoms with Crippen molar-refractivity contribution in [2.24, 2.45) is 0 Å². The maximum Gasteiger partial charge on any atom is 0.189 e. The predicted molar refractivity (Wildman–Crippen MR) is 75.0 cm³/mol. The van der Waals surface area contributed by atoms with Crippen molar-refractivity contribution in [2.75, 3.05) is 0 Å². The summed E-state index contributed by atoms with van der Waals surface area (Å²) in [6.45, 7) is 7.00. The molecule has 0 atom stereocenters. The molecule has 0 bridgehead atoms. The third-order valence-electron chi connectivity index (χ3n) is 2.75. The van der Waals surface area contributed by atoms with Crippen molar-refractivity contribution in [3.05, 3.63) is 64.7 Å². The van der Waals surface area contributed by atoms with Crippen LogP contribution in [0.15, 0.2) is 53.3 Å². The molecule has 2 aromatic carbocycles. The van der Waals surface area contributed by atoms with E-state index in [-0.39, 0.29) is 0 Å². The number of hydrogen-bond donors (Lipinski definition) is 0. The fraction of sp³-hybridized carbons (Fsp3) is 0. The van der Waals surface area contributed by atoms with Crippen LogP contribution in [-0.4, -0.2) is 9.55 Å². The fourth-order valence-corrected chi connectivity index (χ4v) is 2.29. The van der Waals surface area contributed by atoms with Crippen molar-refractivity contribution in [2.45, 2.75) is 0 Å². The van der Waals surface area contributed by atoms with Crippen LogP contribution in [0, 0.1) is 6.57 Å². The highest BCUT2D eigenvalue weighted by molar-refractivity contribution is 9.10. The number of nitrogens with zero attached hydrogens (tertiary/aromatic N) is 3. The predicted octanol–water partition coefficient (Wildman–Crippen LogP) is 4.34. The second-order valence-electron chi connectivity index (χ2n) is 3.88. The van der Waals surface area contributed by atoms with Gasteiger partial charge in [-0.25, -0.2) is 9.83 Å². The van der Waals surface area contributed by atoms with E-state index in [4.69, 9.17) is 6.57 Å². The van der Waals surface area contributed by atoms with Crippen LogP contribution in [0.3, 0.4) is 0 Å². The Balaban J connectivity index is 2.22. The second-order valence-corrected chi connectivity index (χ2v) is 4.79. The summed E-state index contributed by atoms with van der Waals surface area (Å²) in [4.78, 5) is 7.75. The normalized spacial score (nSPS) is 10.4. The molecule has 0 N–H and O–H groups in total. The first-order valence-corrected chi connectivity index (χ1v) is 6.18. The molecular formula is C14H8BrN3. The topological polar surface area (TPSA) is 22.2 Å². The highest BCUT2D eigenvalue weighted by Gasteiger charge is 2.05. The minimum atomic E-state index is 0.613. The zero-order valence-electron chi connectivity index (χ0n) is 9.34. The summed E-state index contributed by atoms with van der Waals surface area (Å²) >= 11 is 3.46. The van der Waals surface area contributed by atoms with Crippen LogP contribution in [0.25, 0.3) is 21.6 Å². The van der Waals surface area contributed by atoms with Gasteiger partial charge in [0.25, 0.3) is 0 Å². The van der Waals surface area contributed by atoms with E-state index < -0.39 is 0 Å². The van der Waals surface area contributed by atoms with Crippen LogP contribution in [0.1, 0.15) is 0 Å². The zero-order valence-corrected chi connectivity index (χ0v) is 10.9. The lowest BCUT2D eigenvalue weighted by molar-refractivity contribution is 1.09. The smallest absolute Gasteiger partial charge is 0.189 e.